The molecule has 0 saturated carbocycles. The SMILES string of the molecule is CCCOCC(C)(N)c1noc(-c2cc(C)c(C)s2)n1. The normalized spacial score (nSPS) is 14.4. The van der Waals surface area contributed by atoms with Gasteiger partial charge in [0.2, 0.25) is 0 Å². The zero-order chi connectivity index (χ0) is 14.8. The molecule has 0 spiro atoms. The van der Waals surface area contributed by atoms with Gasteiger partial charge in [-0.3, -0.25) is 0 Å². The first-order chi connectivity index (χ1) is 9.44. The van der Waals surface area contributed by atoms with E-state index >= 15 is 0 Å². The summed E-state index contributed by atoms with van der Waals surface area (Å²) in [4.78, 5) is 6.64. The van der Waals surface area contributed by atoms with Crippen molar-refractivity contribution < 1.29 is 9.26 Å². The highest BCUT2D eigenvalue weighted by atomic mass is 32.1. The summed E-state index contributed by atoms with van der Waals surface area (Å²) < 4.78 is 10.8. The number of aromatic nitrogens is 2. The van der Waals surface area contributed by atoms with Crippen molar-refractivity contribution in [2.24, 2.45) is 5.73 Å². The van der Waals surface area contributed by atoms with Gasteiger partial charge >= 0.3 is 0 Å². The third kappa shape index (κ3) is 3.26. The van der Waals surface area contributed by atoms with E-state index in [1.807, 2.05) is 6.92 Å². The molecule has 0 radical (unpaired) electrons. The van der Waals surface area contributed by atoms with Crippen molar-refractivity contribution in [1.29, 1.82) is 0 Å². The van der Waals surface area contributed by atoms with Gasteiger partial charge in [-0.05, 0) is 38.8 Å². The molecule has 0 saturated heterocycles. The van der Waals surface area contributed by atoms with Gasteiger partial charge in [0.25, 0.3) is 5.89 Å². The average molecular weight is 295 g/mol. The van der Waals surface area contributed by atoms with E-state index in [0.29, 0.717) is 24.9 Å². The van der Waals surface area contributed by atoms with Gasteiger partial charge in [0.1, 0.15) is 5.54 Å². The van der Waals surface area contributed by atoms with Crippen LogP contribution >= 0.6 is 11.3 Å². The number of nitrogens with two attached hydrogens (primary N) is 1. The van der Waals surface area contributed by atoms with E-state index in [9.17, 15) is 0 Å². The van der Waals surface area contributed by atoms with Crippen LogP contribution in [0.2, 0.25) is 0 Å². The van der Waals surface area contributed by atoms with Crippen molar-refractivity contribution in [3.63, 3.8) is 0 Å². The van der Waals surface area contributed by atoms with Crippen molar-refractivity contribution in [1.82, 2.24) is 10.1 Å². The van der Waals surface area contributed by atoms with Crippen LogP contribution in [0, 0.1) is 13.8 Å². The molecule has 2 rings (SSSR count). The van der Waals surface area contributed by atoms with Gasteiger partial charge in [-0.1, -0.05) is 12.1 Å². The number of hydrogen-bond donors (Lipinski definition) is 1. The maximum absolute atomic E-state index is 6.20. The van der Waals surface area contributed by atoms with Gasteiger partial charge in [-0.15, -0.1) is 11.3 Å². The number of hydrogen-bond acceptors (Lipinski definition) is 6. The van der Waals surface area contributed by atoms with Crippen LogP contribution in [0.25, 0.3) is 10.8 Å². The second-order valence-electron chi connectivity index (χ2n) is 5.24. The van der Waals surface area contributed by atoms with Crippen molar-refractivity contribution in [3.8, 4) is 10.8 Å². The van der Waals surface area contributed by atoms with Crippen molar-refractivity contribution >= 4 is 11.3 Å². The second-order valence-corrected chi connectivity index (χ2v) is 6.50. The minimum absolute atomic E-state index is 0.377. The predicted octanol–water partition coefficient (Wildman–Crippen LogP) is 3.02. The molecule has 1 unspecified atom stereocenters. The van der Waals surface area contributed by atoms with E-state index in [1.54, 1.807) is 11.3 Å². The first-order valence-corrected chi connectivity index (χ1v) is 7.54. The molecule has 0 aliphatic carbocycles. The van der Waals surface area contributed by atoms with E-state index < -0.39 is 5.54 Å². The Morgan fingerprint density at radius 1 is 1.45 bits per heavy atom. The molecule has 5 nitrogen and oxygen atoms in total. The van der Waals surface area contributed by atoms with Gasteiger partial charge in [0.05, 0.1) is 11.5 Å². The largest absolute Gasteiger partial charge is 0.379 e. The molecule has 0 aliphatic heterocycles. The van der Waals surface area contributed by atoms with Crippen LogP contribution < -0.4 is 5.73 Å². The van der Waals surface area contributed by atoms with Crippen molar-refractivity contribution in [2.75, 3.05) is 13.2 Å². The molecule has 0 bridgehead atoms. The number of thiophene rings is 1. The quantitative estimate of drug-likeness (QED) is 0.829. The maximum Gasteiger partial charge on any atom is 0.268 e. The topological polar surface area (TPSA) is 74.2 Å². The lowest BCUT2D eigenvalue weighted by Crippen LogP contribution is -2.39. The highest BCUT2D eigenvalue weighted by Gasteiger charge is 2.28. The molecule has 110 valence electrons. The first kappa shape index (κ1) is 15.2. The Balaban J connectivity index is 2.15. The molecule has 2 N–H and O–H groups in total. The summed E-state index contributed by atoms with van der Waals surface area (Å²) in [7, 11) is 0. The molecule has 2 aromatic rings. The average Bonchev–Trinajstić information content (AvgIpc) is 2.98. The molecule has 0 aromatic carbocycles. The van der Waals surface area contributed by atoms with Crippen LogP contribution in [0.5, 0.6) is 0 Å². The van der Waals surface area contributed by atoms with E-state index in [0.717, 1.165) is 11.3 Å². The number of nitrogens with zero attached hydrogens (tertiary/aromatic N) is 2. The van der Waals surface area contributed by atoms with E-state index in [4.69, 9.17) is 15.0 Å². The highest BCUT2D eigenvalue weighted by Crippen LogP contribution is 2.30. The lowest BCUT2D eigenvalue weighted by molar-refractivity contribution is 0.0867. The van der Waals surface area contributed by atoms with Crippen LogP contribution in [-0.2, 0) is 10.3 Å². The maximum atomic E-state index is 6.20. The molecular weight excluding hydrogens is 274 g/mol. The summed E-state index contributed by atoms with van der Waals surface area (Å²) in [6, 6.07) is 2.05. The molecule has 0 fully saturated rings. The second kappa shape index (κ2) is 6.03. The van der Waals surface area contributed by atoms with Crippen LogP contribution in [0.1, 0.15) is 36.5 Å². The van der Waals surface area contributed by atoms with Crippen LogP contribution in [0.4, 0.5) is 0 Å². The molecule has 2 aromatic heterocycles. The van der Waals surface area contributed by atoms with Gasteiger partial charge in [-0.2, -0.15) is 4.98 Å². The standard InChI is InChI=1S/C14H21N3O2S/c1-5-6-18-8-14(4,15)13-16-12(19-17-13)11-7-9(2)10(3)20-11/h7H,5-6,8,15H2,1-4H3. The number of ether oxygens (including phenoxy) is 1. The van der Waals surface area contributed by atoms with Crippen LogP contribution in [0.15, 0.2) is 10.6 Å². The van der Waals surface area contributed by atoms with Gasteiger partial charge in [0, 0.05) is 11.5 Å². The summed E-state index contributed by atoms with van der Waals surface area (Å²) >= 11 is 1.64. The monoisotopic (exact) mass is 295 g/mol. The zero-order valence-corrected chi connectivity index (χ0v) is 13.2. The molecule has 0 aliphatic rings. The summed E-state index contributed by atoms with van der Waals surface area (Å²) in [5.74, 6) is 1.00. The van der Waals surface area contributed by atoms with Gasteiger partial charge in [0.15, 0.2) is 5.82 Å². The van der Waals surface area contributed by atoms with E-state index in [-0.39, 0.29) is 0 Å². The van der Waals surface area contributed by atoms with Crippen LogP contribution in [-0.4, -0.2) is 23.4 Å². The third-order valence-electron chi connectivity index (χ3n) is 3.06. The van der Waals surface area contributed by atoms with Crippen molar-refractivity contribution in [2.45, 2.75) is 39.7 Å². The van der Waals surface area contributed by atoms with Crippen LogP contribution in [0.3, 0.4) is 0 Å². The molecule has 0 amide bonds. The fourth-order valence-corrected chi connectivity index (χ4v) is 2.68. The fraction of sp³-hybridized carbons (Fsp3) is 0.571. The lowest BCUT2D eigenvalue weighted by atomic mass is 10.1. The summed E-state index contributed by atoms with van der Waals surface area (Å²) in [5.41, 5.74) is 6.69. The molecule has 2 heterocycles. The molecule has 1 atom stereocenters. The third-order valence-corrected chi connectivity index (χ3v) is 4.20. The Morgan fingerprint density at radius 3 is 2.80 bits per heavy atom. The Kier molecular flexibility index (Phi) is 4.57. The van der Waals surface area contributed by atoms with E-state index in [1.165, 1.54) is 10.4 Å². The minimum atomic E-state index is -0.738. The fourth-order valence-electron chi connectivity index (χ4n) is 1.73. The summed E-state index contributed by atoms with van der Waals surface area (Å²) in [6.45, 7) is 9.11. The number of rotatable bonds is 6. The molecule has 6 heteroatoms. The smallest absolute Gasteiger partial charge is 0.268 e. The Morgan fingerprint density at radius 2 is 2.20 bits per heavy atom. The summed E-state index contributed by atoms with van der Waals surface area (Å²) in [5, 5.41) is 4.00. The molecular formula is C14H21N3O2S. The Bertz CT molecular complexity index is 555. The van der Waals surface area contributed by atoms with Crippen molar-refractivity contribution in [3.05, 3.63) is 22.3 Å². The number of aryl methyl sites for hydroxylation is 2. The predicted molar refractivity (Wildman–Crippen MR) is 79.7 cm³/mol. The summed E-state index contributed by atoms with van der Waals surface area (Å²) in [6.07, 6.45) is 0.960. The van der Waals surface area contributed by atoms with Gasteiger partial charge in [-0.25, -0.2) is 0 Å². The highest BCUT2D eigenvalue weighted by molar-refractivity contribution is 7.15. The van der Waals surface area contributed by atoms with Gasteiger partial charge < -0.3 is 15.0 Å². The Labute approximate surface area is 123 Å². The lowest BCUT2D eigenvalue weighted by Gasteiger charge is -2.19. The zero-order valence-electron chi connectivity index (χ0n) is 12.4. The first-order valence-electron chi connectivity index (χ1n) is 6.72. The van der Waals surface area contributed by atoms with E-state index in [2.05, 4.69) is 37.0 Å². The Hall–Kier alpha value is -1.24. The molecule has 20 heavy (non-hydrogen) atoms. The minimum Gasteiger partial charge on any atom is -0.379 e.